The van der Waals surface area contributed by atoms with Crippen LogP contribution in [0.25, 0.3) is 0 Å². The average molecular weight is 256 g/mol. The number of carbonyl (C=O) groups is 3. The number of hydrogen-bond donors (Lipinski definition) is 3. The molecule has 3 N–H and O–H groups in total. The van der Waals surface area contributed by atoms with Crippen molar-refractivity contribution in [2.75, 3.05) is 13.1 Å². The van der Waals surface area contributed by atoms with Gasteiger partial charge < -0.3 is 20.5 Å². The van der Waals surface area contributed by atoms with Crippen molar-refractivity contribution in [3.8, 4) is 0 Å². The molecule has 0 spiro atoms. The van der Waals surface area contributed by atoms with Crippen LogP contribution < -0.4 is 10.6 Å². The van der Waals surface area contributed by atoms with Crippen LogP contribution in [-0.2, 0) is 19.1 Å². The van der Waals surface area contributed by atoms with Crippen molar-refractivity contribution in [3.63, 3.8) is 0 Å². The molecule has 2 aliphatic heterocycles. The molecule has 2 aliphatic rings. The lowest BCUT2D eigenvalue weighted by molar-refractivity contribution is -0.149. The number of carboxylic acids is 1. The Bertz CT molecular complexity index is 370. The van der Waals surface area contributed by atoms with E-state index in [9.17, 15) is 14.4 Å². The normalized spacial score (nSPS) is 31.1. The summed E-state index contributed by atoms with van der Waals surface area (Å²) in [5.41, 5.74) is 0. The molecule has 7 heteroatoms. The van der Waals surface area contributed by atoms with Gasteiger partial charge in [0.1, 0.15) is 0 Å². The third kappa shape index (κ3) is 2.98. The second-order valence-corrected chi connectivity index (χ2v) is 4.61. The number of rotatable bonds is 4. The number of hydrogen-bond acceptors (Lipinski definition) is 4. The molecule has 2 fully saturated rings. The second-order valence-electron chi connectivity index (χ2n) is 4.61. The van der Waals surface area contributed by atoms with Crippen LogP contribution in [0.2, 0.25) is 0 Å². The molecule has 100 valence electrons. The minimum absolute atomic E-state index is 0.113. The zero-order valence-corrected chi connectivity index (χ0v) is 9.85. The van der Waals surface area contributed by atoms with Crippen molar-refractivity contribution >= 4 is 17.8 Å². The quantitative estimate of drug-likeness (QED) is 0.590. The topological polar surface area (TPSA) is 105 Å². The summed E-state index contributed by atoms with van der Waals surface area (Å²) in [5, 5.41) is 14.0. The first kappa shape index (κ1) is 12.8. The van der Waals surface area contributed by atoms with E-state index in [1.807, 2.05) is 0 Å². The zero-order chi connectivity index (χ0) is 13.1. The van der Waals surface area contributed by atoms with E-state index in [0.29, 0.717) is 25.9 Å². The molecule has 3 unspecified atom stereocenters. The molecule has 0 bridgehead atoms. The van der Waals surface area contributed by atoms with Gasteiger partial charge in [0.15, 0.2) is 6.10 Å². The van der Waals surface area contributed by atoms with Gasteiger partial charge in [-0.25, -0.2) is 4.79 Å². The van der Waals surface area contributed by atoms with Crippen molar-refractivity contribution in [1.29, 1.82) is 0 Å². The standard InChI is InChI=1S/C11H16N2O5/c14-9-3-6(4-12-9)10(15)13-5-7-1-2-8(18-7)11(16)17/h6-8H,1-5H2,(H,12,14)(H,13,15)(H,16,17). The van der Waals surface area contributed by atoms with Crippen molar-refractivity contribution in [3.05, 3.63) is 0 Å². The van der Waals surface area contributed by atoms with E-state index in [2.05, 4.69) is 10.6 Å². The molecule has 18 heavy (non-hydrogen) atoms. The van der Waals surface area contributed by atoms with Crippen LogP contribution >= 0.6 is 0 Å². The Hall–Kier alpha value is -1.63. The van der Waals surface area contributed by atoms with E-state index in [1.165, 1.54) is 0 Å². The van der Waals surface area contributed by atoms with Crippen molar-refractivity contribution in [1.82, 2.24) is 10.6 Å². The van der Waals surface area contributed by atoms with Crippen LogP contribution in [0.4, 0.5) is 0 Å². The van der Waals surface area contributed by atoms with Gasteiger partial charge in [0.05, 0.1) is 12.0 Å². The third-order valence-corrected chi connectivity index (χ3v) is 3.24. The average Bonchev–Trinajstić information content (AvgIpc) is 2.94. The fraction of sp³-hybridized carbons (Fsp3) is 0.727. The summed E-state index contributed by atoms with van der Waals surface area (Å²) in [7, 11) is 0. The van der Waals surface area contributed by atoms with E-state index < -0.39 is 12.1 Å². The fourth-order valence-corrected chi connectivity index (χ4v) is 2.19. The van der Waals surface area contributed by atoms with E-state index in [-0.39, 0.29) is 30.3 Å². The van der Waals surface area contributed by atoms with Gasteiger partial charge in [0.25, 0.3) is 0 Å². The lowest BCUT2D eigenvalue weighted by atomic mass is 10.1. The molecule has 2 rings (SSSR count). The van der Waals surface area contributed by atoms with Gasteiger partial charge in [0, 0.05) is 19.5 Å². The lowest BCUT2D eigenvalue weighted by Gasteiger charge is -2.14. The van der Waals surface area contributed by atoms with Crippen molar-refractivity contribution < 1.29 is 24.2 Å². The van der Waals surface area contributed by atoms with E-state index >= 15 is 0 Å². The molecule has 0 aliphatic carbocycles. The predicted octanol–water partition coefficient (Wildman–Crippen LogP) is -1.13. The monoisotopic (exact) mass is 256 g/mol. The van der Waals surface area contributed by atoms with Crippen molar-refractivity contribution in [2.24, 2.45) is 5.92 Å². The van der Waals surface area contributed by atoms with Crippen LogP contribution in [0, 0.1) is 5.92 Å². The molecule has 2 amide bonds. The molecule has 2 heterocycles. The second kappa shape index (κ2) is 5.34. The Labute approximate surface area is 104 Å². The first-order valence-electron chi connectivity index (χ1n) is 5.99. The highest BCUT2D eigenvalue weighted by Crippen LogP contribution is 2.19. The molecular formula is C11H16N2O5. The van der Waals surface area contributed by atoms with Crippen molar-refractivity contribution in [2.45, 2.75) is 31.5 Å². The van der Waals surface area contributed by atoms with Gasteiger partial charge in [-0.15, -0.1) is 0 Å². The first-order valence-corrected chi connectivity index (χ1v) is 5.99. The molecule has 7 nitrogen and oxygen atoms in total. The van der Waals surface area contributed by atoms with Gasteiger partial charge in [-0.1, -0.05) is 0 Å². The molecule has 0 saturated carbocycles. The maximum absolute atomic E-state index is 11.7. The largest absolute Gasteiger partial charge is 0.479 e. The summed E-state index contributed by atoms with van der Waals surface area (Å²) >= 11 is 0. The summed E-state index contributed by atoms with van der Waals surface area (Å²) in [6.45, 7) is 0.668. The molecule has 2 saturated heterocycles. The Morgan fingerprint density at radius 3 is 2.78 bits per heavy atom. The maximum Gasteiger partial charge on any atom is 0.332 e. The number of ether oxygens (including phenoxy) is 1. The number of carbonyl (C=O) groups excluding carboxylic acids is 2. The highest BCUT2D eigenvalue weighted by atomic mass is 16.5. The van der Waals surface area contributed by atoms with Crippen LogP contribution in [-0.4, -0.2) is 48.2 Å². The van der Waals surface area contributed by atoms with Gasteiger partial charge in [-0.3, -0.25) is 9.59 Å². The Morgan fingerprint density at radius 1 is 1.44 bits per heavy atom. The summed E-state index contributed by atoms with van der Waals surface area (Å²) < 4.78 is 5.26. The van der Waals surface area contributed by atoms with Gasteiger partial charge in [0.2, 0.25) is 11.8 Å². The number of amides is 2. The highest BCUT2D eigenvalue weighted by molar-refractivity contribution is 5.89. The summed E-state index contributed by atoms with van der Waals surface area (Å²) in [6, 6.07) is 0. The molecule has 0 radical (unpaired) electrons. The third-order valence-electron chi connectivity index (χ3n) is 3.24. The maximum atomic E-state index is 11.7. The minimum Gasteiger partial charge on any atom is -0.479 e. The molecule has 0 aromatic heterocycles. The minimum atomic E-state index is -0.964. The van der Waals surface area contributed by atoms with Gasteiger partial charge >= 0.3 is 5.97 Å². The van der Waals surface area contributed by atoms with Crippen LogP contribution in [0.1, 0.15) is 19.3 Å². The van der Waals surface area contributed by atoms with E-state index in [4.69, 9.17) is 9.84 Å². The Kier molecular flexibility index (Phi) is 3.81. The molecule has 0 aromatic carbocycles. The van der Waals surface area contributed by atoms with E-state index in [1.54, 1.807) is 0 Å². The van der Waals surface area contributed by atoms with Gasteiger partial charge in [-0.05, 0) is 12.8 Å². The highest BCUT2D eigenvalue weighted by Gasteiger charge is 2.32. The molecule has 0 aromatic rings. The fourth-order valence-electron chi connectivity index (χ4n) is 2.19. The van der Waals surface area contributed by atoms with Gasteiger partial charge in [-0.2, -0.15) is 0 Å². The SMILES string of the molecule is O=C1CC(C(=O)NCC2CCC(C(=O)O)O2)CN1. The first-order chi connectivity index (χ1) is 8.56. The number of nitrogens with one attached hydrogen (secondary N) is 2. The zero-order valence-electron chi connectivity index (χ0n) is 9.85. The van der Waals surface area contributed by atoms with Crippen LogP contribution in [0.5, 0.6) is 0 Å². The molecule has 3 atom stereocenters. The van der Waals surface area contributed by atoms with Crippen LogP contribution in [0.3, 0.4) is 0 Å². The Balaban J connectivity index is 1.71. The van der Waals surface area contributed by atoms with E-state index in [0.717, 1.165) is 0 Å². The predicted molar refractivity (Wildman–Crippen MR) is 59.7 cm³/mol. The van der Waals surface area contributed by atoms with Crippen LogP contribution in [0.15, 0.2) is 0 Å². The summed E-state index contributed by atoms with van der Waals surface area (Å²) in [5.74, 6) is -1.59. The number of aliphatic carboxylic acids is 1. The number of carboxylic acid groups (broad SMARTS) is 1. The summed E-state index contributed by atoms with van der Waals surface area (Å²) in [4.78, 5) is 33.3. The summed E-state index contributed by atoms with van der Waals surface area (Å²) in [6.07, 6.45) is 0.301. The lowest BCUT2D eigenvalue weighted by Crippen LogP contribution is -2.37. The smallest absolute Gasteiger partial charge is 0.332 e. The Morgan fingerprint density at radius 2 is 2.22 bits per heavy atom. The molecular weight excluding hydrogens is 240 g/mol.